The molecule has 1 heterocycles. The molecular formula is C22H23N. The SMILES string of the molecule is Cc1nc(Cc2ccccc2)c(C)c(Cc2ccccc2)c1C. The van der Waals surface area contributed by atoms with E-state index in [0.29, 0.717) is 0 Å². The van der Waals surface area contributed by atoms with Gasteiger partial charge in [-0.1, -0.05) is 60.7 Å². The lowest BCUT2D eigenvalue weighted by atomic mass is 9.92. The van der Waals surface area contributed by atoms with Gasteiger partial charge in [-0.2, -0.15) is 0 Å². The van der Waals surface area contributed by atoms with Gasteiger partial charge in [0.25, 0.3) is 0 Å². The summed E-state index contributed by atoms with van der Waals surface area (Å²) in [5.41, 5.74) is 9.10. The van der Waals surface area contributed by atoms with Crippen LogP contribution >= 0.6 is 0 Å². The fourth-order valence-corrected chi connectivity index (χ4v) is 3.07. The lowest BCUT2D eigenvalue weighted by Gasteiger charge is -2.16. The van der Waals surface area contributed by atoms with Gasteiger partial charge in [0, 0.05) is 17.8 Å². The molecule has 0 bridgehead atoms. The molecule has 0 radical (unpaired) electrons. The lowest BCUT2D eigenvalue weighted by Crippen LogP contribution is -2.07. The van der Waals surface area contributed by atoms with Gasteiger partial charge in [0.2, 0.25) is 0 Å². The second kappa shape index (κ2) is 6.78. The Labute approximate surface area is 139 Å². The largest absolute Gasteiger partial charge is 0.257 e. The summed E-state index contributed by atoms with van der Waals surface area (Å²) in [5, 5.41) is 0. The summed E-state index contributed by atoms with van der Waals surface area (Å²) in [6.07, 6.45) is 1.87. The van der Waals surface area contributed by atoms with Crippen molar-refractivity contribution in [3.05, 3.63) is 99.9 Å². The zero-order chi connectivity index (χ0) is 16.2. The Kier molecular flexibility index (Phi) is 4.57. The fraction of sp³-hybridized carbons (Fsp3) is 0.227. The van der Waals surface area contributed by atoms with Crippen LogP contribution in [0.5, 0.6) is 0 Å². The number of rotatable bonds is 4. The molecule has 0 unspecified atom stereocenters. The molecule has 3 aromatic rings. The topological polar surface area (TPSA) is 12.9 Å². The van der Waals surface area contributed by atoms with Gasteiger partial charge < -0.3 is 0 Å². The van der Waals surface area contributed by atoms with Crippen molar-refractivity contribution in [2.75, 3.05) is 0 Å². The first-order valence-electron chi connectivity index (χ1n) is 8.18. The van der Waals surface area contributed by atoms with Gasteiger partial charge in [-0.25, -0.2) is 0 Å². The fourth-order valence-electron chi connectivity index (χ4n) is 3.07. The van der Waals surface area contributed by atoms with E-state index in [4.69, 9.17) is 4.98 Å². The Hall–Kier alpha value is -2.41. The van der Waals surface area contributed by atoms with Crippen molar-refractivity contribution < 1.29 is 0 Å². The van der Waals surface area contributed by atoms with Crippen molar-refractivity contribution >= 4 is 0 Å². The van der Waals surface area contributed by atoms with Crippen LogP contribution in [-0.4, -0.2) is 4.98 Å². The van der Waals surface area contributed by atoms with Crippen LogP contribution in [-0.2, 0) is 12.8 Å². The molecule has 3 rings (SSSR count). The number of hydrogen-bond acceptors (Lipinski definition) is 1. The number of hydrogen-bond donors (Lipinski definition) is 0. The van der Waals surface area contributed by atoms with Gasteiger partial charge >= 0.3 is 0 Å². The van der Waals surface area contributed by atoms with Crippen LogP contribution in [0.25, 0.3) is 0 Å². The average molecular weight is 301 g/mol. The highest BCUT2D eigenvalue weighted by Crippen LogP contribution is 2.24. The molecule has 0 fully saturated rings. The third kappa shape index (κ3) is 3.50. The second-order valence-corrected chi connectivity index (χ2v) is 6.20. The minimum absolute atomic E-state index is 0.898. The van der Waals surface area contributed by atoms with Crippen LogP contribution in [0.4, 0.5) is 0 Å². The summed E-state index contributed by atoms with van der Waals surface area (Å²) in [6.45, 7) is 6.54. The maximum Gasteiger partial charge on any atom is 0.0482 e. The highest BCUT2D eigenvalue weighted by molar-refractivity contribution is 5.43. The predicted octanol–water partition coefficient (Wildman–Crippen LogP) is 5.19. The zero-order valence-corrected chi connectivity index (χ0v) is 14.1. The summed E-state index contributed by atoms with van der Waals surface area (Å²) in [5.74, 6) is 0. The highest BCUT2D eigenvalue weighted by atomic mass is 14.7. The molecule has 0 aliphatic carbocycles. The molecule has 2 aromatic carbocycles. The molecular weight excluding hydrogens is 278 g/mol. The molecule has 116 valence electrons. The Balaban J connectivity index is 1.99. The number of aryl methyl sites for hydroxylation is 1. The summed E-state index contributed by atoms with van der Waals surface area (Å²) < 4.78 is 0. The second-order valence-electron chi connectivity index (χ2n) is 6.20. The minimum atomic E-state index is 0.898. The number of aromatic nitrogens is 1. The van der Waals surface area contributed by atoms with Crippen molar-refractivity contribution in [3.8, 4) is 0 Å². The normalized spacial score (nSPS) is 10.7. The molecule has 0 aliphatic heterocycles. The van der Waals surface area contributed by atoms with Gasteiger partial charge in [-0.3, -0.25) is 4.98 Å². The third-order valence-corrected chi connectivity index (χ3v) is 4.62. The molecule has 0 spiro atoms. The van der Waals surface area contributed by atoms with Crippen LogP contribution < -0.4 is 0 Å². The van der Waals surface area contributed by atoms with E-state index in [0.717, 1.165) is 18.5 Å². The molecule has 0 atom stereocenters. The molecule has 1 aromatic heterocycles. The van der Waals surface area contributed by atoms with Crippen LogP contribution in [0.3, 0.4) is 0 Å². The minimum Gasteiger partial charge on any atom is -0.257 e. The van der Waals surface area contributed by atoms with Crippen molar-refractivity contribution in [2.24, 2.45) is 0 Å². The number of nitrogens with zero attached hydrogens (tertiary/aromatic N) is 1. The van der Waals surface area contributed by atoms with Crippen LogP contribution in [0, 0.1) is 20.8 Å². The van der Waals surface area contributed by atoms with E-state index in [-0.39, 0.29) is 0 Å². The first-order valence-corrected chi connectivity index (χ1v) is 8.18. The molecule has 0 aliphatic rings. The average Bonchev–Trinajstić information content (AvgIpc) is 2.58. The van der Waals surface area contributed by atoms with Gasteiger partial charge in [-0.15, -0.1) is 0 Å². The summed E-state index contributed by atoms with van der Waals surface area (Å²) in [6, 6.07) is 21.3. The van der Waals surface area contributed by atoms with Gasteiger partial charge in [0.05, 0.1) is 0 Å². The van der Waals surface area contributed by atoms with E-state index in [1.54, 1.807) is 0 Å². The van der Waals surface area contributed by atoms with Crippen molar-refractivity contribution in [3.63, 3.8) is 0 Å². The Bertz CT molecular complexity index is 789. The van der Waals surface area contributed by atoms with Crippen molar-refractivity contribution in [1.82, 2.24) is 4.98 Å². The number of benzene rings is 2. The van der Waals surface area contributed by atoms with E-state index in [9.17, 15) is 0 Å². The summed E-state index contributed by atoms with van der Waals surface area (Å²) in [7, 11) is 0. The Morgan fingerprint density at radius 1 is 0.652 bits per heavy atom. The summed E-state index contributed by atoms with van der Waals surface area (Å²) in [4.78, 5) is 4.87. The molecule has 0 amide bonds. The first kappa shape index (κ1) is 15.5. The molecule has 0 N–H and O–H groups in total. The zero-order valence-electron chi connectivity index (χ0n) is 14.1. The van der Waals surface area contributed by atoms with E-state index in [2.05, 4.69) is 81.4 Å². The highest BCUT2D eigenvalue weighted by Gasteiger charge is 2.13. The van der Waals surface area contributed by atoms with E-state index < -0.39 is 0 Å². The molecule has 1 heteroatoms. The van der Waals surface area contributed by atoms with Crippen LogP contribution in [0.1, 0.15) is 39.2 Å². The predicted molar refractivity (Wildman–Crippen MR) is 96.9 cm³/mol. The molecule has 0 saturated carbocycles. The standard InChI is InChI=1S/C22H23N/c1-16-18(3)23-22(15-20-12-8-5-9-13-20)17(2)21(16)14-19-10-6-4-7-11-19/h4-13H,14-15H2,1-3H3. The number of pyridine rings is 1. The summed E-state index contributed by atoms with van der Waals surface area (Å²) >= 11 is 0. The van der Waals surface area contributed by atoms with Gasteiger partial charge in [0.15, 0.2) is 0 Å². The lowest BCUT2D eigenvalue weighted by molar-refractivity contribution is 0.955. The van der Waals surface area contributed by atoms with Crippen molar-refractivity contribution in [2.45, 2.75) is 33.6 Å². The Morgan fingerprint density at radius 3 is 1.74 bits per heavy atom. The van der Waals surface area contributed by atoms with Crippen LogP contribution in [0.2, 0.25) is 0 Å². The maximum absolute atomic E-state index is 4.87. The molecule has 23 heavy (non-hydrogen) atoms. The van der Waals surface area contributed by atoms with E-state index in [1.165, 1.54) is 33.5 Å². The quantitative estimate of drug-likeness (QED) is 0.646. The van der Waals surface area contributed by atoms with Crippen LogP contribution in [0.15, 0.2) is 60.7 Å². The third-order valence-electron chi connectivity index (χ3n) is 4.62. The molecule has 0 saturated heterocycles. The van der Waals surface area contributed by atoms with Gasteiger partial charge in [-0.05, 0) is 55.0 Å². The van der Waals surface area contributed by atoms with E-state index in [1.807, 2.05) is 0 Å². The molecule has 1 nitrogen and oxygen atoms in total. The maximum atomic E-state index is 4.87. The Morgan fingerprint density at radius 2 is 1.17 bits per heavy atom. The van der Waals surface area contributed by atoms with Gasteiger partial charge in [0.1, 0.15) is 0 Å². The van der Waals surface area contributed by atoms with E-state index >= 15 is 0 Å². The van der Waals surface area contributed by atoms with Crippen molar-refractivity contribution in [1.29, 1.82) is 0 Å². The first-order chi connectivity index (χ1) is 11.1. The monoisotopic (exact) mass is 301 g/mol. The smallest absolute Gasteiger partial charge is 0.0482 e.